The van der Waals surface area contributed by atoms with Crippen molar-refractivity contribution in [1.82, 2.24) is 9.97 Å². The molecule has 1 N–H and O–H groups in total. The van der Waals surface area contributed by atoms with Crippen LogP contribution in [-0.2, 0) is 30.3 Å². The standard InChI is InChI=1S/C27H20N3.C13H24O2.Ir/c1-27(2,3)24-15-19(13-17-7-5-6-8-21(17)24)25-23-11-9-18-14-20(28-4)10-12-22(18)26(23)30-16-29-25;1-5-10(6-2)12(14)9-13(15)11(7-3)8-4;/h5-12,14-16H,1-3H3;9-11,14H,5-8H2,1-4H3;/q-1;;/b;12-9-;. The fourth-order valence-electron chi connectivity index (χ4n) is 5.89. The first-order valence-corrected chi connectivity index (χ1v) is 16.0. The Morgan fingerprint density at radius 3 is 2.17 bits per heavy atom. The predicted octanol–water partition coefficient (Wildman–Crippen LogP) is 11.1. The molecule has 241 valence electrons. The molecule has 0 fully saturated rings. The largest absolute Gasteiger partial charge is 0.512 e. The molecule has 0 saturated carbocycles. The van der Waals surface area contributed by atoms with Crippen molar-refractivity contribution >= 4 is 43.9 Å². The van der Waals surface area contributed by atoms with E-state index < -0.39 is 0 Å². The zero-order valence-corrected chi connectivity index (χ0v) is 30.3. The Morgan fingerprint density at radius 1 is 0.891 bits per heavy atom. The van der Waals surface area contributed by atoms with Gasteiger partial charge in [-0.05, 0) is 47.9 Å². The van der Waals surface area contributed by atoms with Gasteiger partial charge in [0.05, 0.1) is 17.8 Å². The van der Waals surface area contributed by atoms with Gasteiger partial charge in [-0.2, -0.15) is 0 Å². The summed E-state index contributed by atoms with van der Waals surface area (Å²) in [6, 6.07) is 24.0. The third-order valence-electron chi connectivity index (χ3n) is 8.65. The van der Waals surface area contributed by atoms with Gasteiger partial charge in [-0.25, -0.2) is 9.83 Å². The molecule has 0 spiro atoms. The van der Waals surface area contributed by atoms with E-state index in [2.05, 4.69) is 78.0 Å². The first-order chi connectivity index (χ1) is 21.6. The molecule has 0 amide bonds. The van der Waals surface area contributed by atoms with Crippen molar-refractivity contribution in [1.29, 1.82) is 0 Å². The van der Waals surface area contributed by atoms with E-state index >= 15 is 0 Å². The van der Waals surface area contributed by atoms with Crippen molar-refractivity contribution in [2.75, 3.05) is 0 Å². The number of carbonyl (C=O) groups is 1. The molecule has 1 heterocycles. The molecular formula is C40H44IrN3O2-. The third kappa shape index (κ3) is 8.08. The second-order valence-electron chi connectivity index (χ2n) is 12.6. The van der Waals surface area contributed by atoms with Crippen molar-refractivity contribution in [2.45, 2.75) is 79.6 Å². The van der Waals surface area contributed by atoms with Crippen LogP contribution in [0.25, 0.3) is 48.6 Å². The van der Waals surface area contributed by atoms with Crippen LogP contribution in [-0.4, -0.2) is 20.9 Å². The molecule has 0 aliphatic rings. The van der Waals surface area contributed by atoms with Gasteiger partial charge in [0.25, 0.3) is 0 Å². The van der Waals surface area contributed by atoms with Crippen LogP contribution < -0.4 is 0 Å². The summed E-state index contributed by atoms with van der Waals surface area (Å²) in [7, 11) is 0. The van der Waals surface area contributed by atoms with Gasteiger partial charge >= 0.3 is 0 Å². The maximum absolute atomic E-state index is 11.7. The van der Waals surface area contributed by atoms with E-state index in [4.69, 9.17) is 6.57 Å². The van der Waals surface area contributed by atoms with E-state index in [1.807, 2.05) is 52.0 Å². The van der Waals surface area contributed by atoms with Crippen LogP contribution >= 0.6 is 0 Å². The molecule has 5 aromatic rings. The first kappa shape index (κ1) is 36.6. The van der Waals surface area contributed by atoms with Crippen LogP contribution in [0.2, 0.25) is 0 Å². The number of nitrogens with zero attached hydrogens (tertiary/aromatic N) is 3. The molecule has 5 nitrogen and oxygen atoms in total. The molecule has 1 aromatic heterocycles. The minimum atomic E-state index is -0.00482. The fourth-order valence-corrected chi connectivity index (χ4v) is 5.89. The number of hydrogen-bond acceptors (Lipinski definition) is 4. The summed E-state index contributed by atoms with van der Waals surface area (Å²) < 4.78 is 0. The van der Waals surface area contributed by atoms with Crippen molar-refractivity contribution in [3.05, 3.63) is 102 Å². The normalized spacial score (nSPS) is 11.8. The second-order valence-corrected chi connectivity index (χ2v) is 12.6. The van der Waals surface area contributed by atoms with Gasteiger partial charge in [-0.15, -0.1) is 29.1 Å². The van der Waals surface area contributed by atoms with Crippen molar-refractivity contribution in [3.8, 4) is 11.3 Å². The molecule has 0 aliphatic carbocycles. The Labute approximate surface area is 287 Å². The third-order valence-corrected chi connectivity index (χ3v) is 8.65. The van der Waals surface area contributed by atoms with E-state index in [-0.39, 0.29) is 48.9 Å². The first-order valence-electron chi connectivity index (χ1n) is 16.0. The maximum atomic E-state index is 11.7. The van der Waals surface area contributed by atoms with Gasteiger partial charge in [0, 0.05) is 49.1 Å². The molecule has 4 aromatic carbocycles. The van der Waals surface area contributed by atoms with E-state index in [9.17, 15) is 9.90 Å². The van der Waals surface area contributed by atoms with Crippen molar-refractivity contribution in [3.63, 3.8) is 0 Å². The molecular weight excluding hydrogens is 747 g/mol. The number of aromatic nitrogens is 2. The van der Waals surface area contributed by atoms with Gasteiger partial charge in [0.1, 0.15) is 6.33 Å². The van der Waals surface area contributed by atoms with Crippen LogP contribution in [0.15, 0.2) is 78.8 Å². The smallest absolute Gasteiger partial charge is 0.187 e. The molecule has 5 rings (SSSR count). The summed E-state index contributed by atoms with van der Waals surface area (Å²) in [6.07, 6.45) is 6.53. The molecule has 0 bridgehead atoms. The van der Waals surface area contributed by atoms with Crippen LogP contribution in [0.5, 0.6) is 0 Å². The fraction of sp³-hybridized carbons (Fsp3) is 0.350. The Morgan fingerprint density at radius 2 is 1.54 bits per heavy atom. The number of fused-ring (bicyclic) bond motifs is 4. The number of hydrogen-bond donors (Lipinski definition) is 1. The monoisotopic (exact) mass is 791 g/mol. The number of carbonyl (C=O) groups excluding carboxylic acids is 1. The Kier molecular flexibility index (Phi) is 12.8. The zero-order chi connectivity index (χ0) is 32.7. The number of aliphatic hydroxyl groups is 1. The molecule has 0 aliphatic heterocycles. The summed E-state index contributed by atoms with van der Waals surface area (Å²) >= 11 is 0. The van der Waals surface area contributed by atoms with Crippen LogP contribution in [0.4, 0.5) is 5.69 Å². The Hall–Kier alpha value is -3.91. The SMILES string of the molecule is CCC(CC)C(=O)/C=C(\O)C(CC)CC.[C-]#[N+]c1ccc2c(ccc3c(-c4[c-]c5ccccc5c(C(C)(C)C)c4)ncnc32)c1.[Ir]. The number of benzene rings is 4. The number of rotatable bonds is 8. The molecule has 46 heavy (non-hydrogen) atoms. The maximum Gasteiger partial charge on any atom is 0.187 e. The summed E-state index contributed by atoms with van der Waals surface area (Å²) in [5.74, 6) is 0.547. The minimum absolute atomic E-state index is 0. The average Bonchev–Trinajstić information content (AvgIpc) is 3.04. The Bertz CT molecular complexity index is 1890. The quantitative estimate of drug-likeness (QED) is 0.0736. The van der Waals surface area contributed by atoms with Crippen LogP contribution in [0.1, 0.15) is 79.7 Å². The average molecular weight is 791 g/mol. The van der Waals surface area contributed by atoms with Crippen molar-refractivity contribution < 1.29 is 30.0 Å². The van der Waals surface area contributed by atoms with E-state index in [0.29, 0.717) is 5.69 Å². The number of aliphatic hydroxyl groups excluding tert-OH is 1. The van der Waals surface area contributed by atoms with E-state index in [1.54, 1.807) is 6.33 Å². The number of ketones is 1. The summed E-state index contributed by atoms with van der Waals surface area (Å²) in [4.78, 5) is 24.5. The summed E-state index contributed by atoms with van der Waals surface area (Å²) in [6.45, 7) is 22.0. The predicted molar refractivity (Wildman–Crippen MR) is 188 cm³/mol. The van der Waals surface area contributed by atoms with Gasteiger partial charge in [0.15, 0.2) is 11.5 Å². The van der Waals surface area contributed by atoms with Gasteiger partial charge in [-0.3, -0.25) is 9.78 Å². The van der Waals surface area contributed by atoms with Gasteiger partial charge < -0.3 is 5.11 Å². The summed E-state index contributed by atoms with van der Waals surface area (Å²) in [5, 5.41) is 15.1. The topological polar surface area (TPSA) is 67.4 Å². The van der Waals surface area contributed by atoms with E-state index in [1.165, 1.54) is 17.0 Å². The van der Waals surface area contributed by atoms with E-state index in [0.717, 1.165) is 64.0 Å². The molecule has 1 radical (unpaired) electrons. The zero-order valence-electron chi connectivity index (χ0n) is 27.9. The van der Waals surface area contributed by atoms with Crippen LogP contribution in [0, 0.1) is 24.5 Å². The van der Waals surface area contributed by atoms with Gasteiger partial charge in [0.2, 0.25) is 0 Å². The number of allylic oxidation sites excluding steroid dienone is 2. The molecule has 0 atom stereocenters. The minimum Gasteiger partial charge on any atom is -0.512 e. The molecule has 0 saturated heterocycles. The van der Waals surface area contributed by atoms with Crippen molar-refractivity contribution in [2.24, 2.45) is 11.8 Å². The van der Waals surface area contributed by atoms with Crippen LogP contribution in [0.3, 0.4) is 0 Å². The molecule has 6 heteroatoms. The second kappa shape index (κ2) is 16.1. The molecule has 0 unspecified atom stereocenters. The Balaban J connectivity index is 0.000000309. The summed E-state index contributed by atoms with van der Waals surface area (Å²) in [5.41, 5.74) is 4.66. The van der Waals surface area contributed by atoms with Gasteiger partial charge in [-0.1, -0.05) is 102 Å².